The van der Waals surface area contributed by atoms with E-state index in [-0.39, 0.29) is 12.8 Å². The van der Waals surface area contributed by atoms with Gasteiger partial charge in [0.25, 0.3) is 0 Å². The lowest BCUT2D eigenvalue weighted by atomic mass is 9.98. The smallest absolute Gasteiger partial charge is 0.249 e. The SMILES string of the molecule is CCCCC/C=C/CC/C=C/CC/C=C/CCCC(O)C(O)C(COC1OC(CO)C(O)C(O)C1O)NC(=O)C(O)CCCCCCCCCCCCCCCCCCCCCCCCCCCCCCCCCCCCCC. The number of rotatable bonds is 59. The number of ether oxygens (including phenoxy) is 2. The number of aliphatic hydroxyl groups excluding tert-OH is 7. The first-order chi connectivity index (χ1) is 38.7. The average Bonchev–Trinajstić information content (AvgIpc) is 3.46. The quantitative estimate of drug-likeness (QED) is 0.0215. The minimum Gasteiger partial charge on any atom is -0.394 e. The second-order valence-electron chi connectivity index (χ2n) is 23.9. The van der Waals surface area contributed by atoms with E-state index >= 15 is 0 Å². The van der Waals surface area contributed by atoms with Gasteiger partial charge in [-0.25, -0.2) is 0 Å². The highest BCUT2D eigenvalue weighted by Crippen LogP contribution is 2.24. The van der Waals surface area contributed by atoms with Gasteiger partial charge in [-0.05, 0) is 64.2 Å². The standard InChI is InChI=1S/C68H129NO10/c1-3-5-7-9-11-13-15-17-19-21-22-23-24-25-26-27-28-29-30-31-32-33-34-35-36-37-38-39-40-42-44-46-48-50-52-54-56-61(72)67(77)69-59(58-78-68-66(76)65(75)64(74)62(57-70)79-68)63(73)60(71)55-53-51-49-47-45-43-41-20-18-16-14-12-10-8-6-4-2/h12,14,20,41,47,49,59-66,68,70-76H,3-11,13,15-19,21-40,42-46,48,50-58H2,1-2H3,(H,69,77)/b14-12+,41-20+,49-47+. The summed E-state index contributed by atoms with van der Waals surface area (Å²) in [4.78, 5) is 13.2. The van der Waals surface area contributed by atoms with Gasteiger partial charge in [-0.2, -0.15) is 0 Å². The third-order valence-electron chi connectivity index (χ3n) is 16.4. The van der Waals surface area contributed by atoms with Crippen molar-refractivity contribution in [2.24, 2.45) is 0 Å². The van der Waals surface area contributed by atoms with Crippen molar-refractivity contribution in [1.29, 1.82) is 0 Å². The molecule has 0 spiro atoms. The molecule has 0 radical (unpaired) electrons. The zero-order valence-electron chi connectivity index (χ0n) is 51.4. The lowest BCUT2D eigenvalue weighted by Gasteiger charge is -2.40. The van der Waals surface area contributed by atoms with Crippen molar-refractivity contribution >= 4 is 5.91 Å². The van der Waals surface area contributed by atoms with E-state index in [1.165, 1.54) is 231 Å². The fraction of sp³-hybridized carbons (Fsp3) is 0.897. The number of unbranched alkanes of at least 4 members (excludes halogenated alkanes) is 41. The van der Waals surface area contributed by atoms with Gasteiger partial charge in [0.1, 0.15) is 36.6 Å². The van der Waals surface area contributed by atoms with Crippen LogP contribution in [0.15, 0.2) is 36.5 Å². The summed E-state index contributed by atoms with van der Waals surface area (Å²) in [5, 5.41) is 76.2. The maximum atomic E-state index is 13.2. The summed E-state index contributed by atoms with van der Waals surface area (Å²) in [5.74, 6) is -0.708. The van der Waals surface area contributed by atoms with Crippen molar-refractivity contribution < 1.29 is 50.0 Å². The normalized spacial score (nSPS) is 19.5. The monoisotopic (exact) mass is 1120 g/mol. The third kappa shape index (κ3) is 44.5. The van der Waals surface area contributed by atoms with Gasteiger partial charge in [-0.15, -0.1) is 0 Å². The second kappa shape index (κ2) is 56.8. The largest absolute Gasteiger partial charge is 0.394 e. The predicted molar refractivity (Wildman–Crippen MR) is 330 cm³/mol. The van der Waals surface area contributed by atoms with Crippen molar-refractivity contribution in [3.63, 3.8) is 0 Å². The van der Waals surface area contributed by atoms with E-state index in [1.54, 1.807) is 0 Å². The van der Waals surface area contributed by atoms with Gasteiger partial charge in [0.2, 0.25) is 5.91 Å². The van der Waals surface area contributed by atoms with Gasteiger partial charge < -0.3 is 50.5 Å². The Morgan fingerprint density at radius 3 is 1.13 bits per heavy atom. The molecule has 0 bridgehead atoms. The van der Waals surface area contributed by atoms with Crippen LogP contribution in [0.3, 0.4) is 0 Å². The summed E-state index contributed by atoms with van der Waals surface area (Å²) in [6.07, 6.45) is 61.1. The van der Waals surface area contributed by atoms with Crippen LogP contribution >= 0.6 is 0 Å². The van der Waals surface area contributed by atoms with E-state index in [4.69, 9.17) is 9.47 Å². The van der Waals surface area contributed by atoms with E-state index in [0.29, 0.717) is 19.3 Å². The molecule has 11 heteroatoms. The molecule has 0 aromatic carbocycles. The van der Waals surface area contributed by atoms with Gasteiger partial charge in [0, 0.05) is 0 Å². The summed E-state index contributed by atoms with van der Waals surface area (Å²) in [6.45, 7) is 3.44. The number of nitrogens with one attached hydrogen (secondary N) is 1. The van der Waals surface area contributed by atoms with Crippen LogP contribution < -0.4 is 5.32 Å². The Bertz CT molecular complexity index is 1380. The maximum absolute atomic E-state index is 13.2. The van der Waals surface area contributed by atoms with Crippen molar-refractivity contribution in [1.82, 2.24) is 5.32 Å². The molecule has 0 aromatic heterocycles. The summed E-state index contributed by atoms with van der Waals surface area (Å²) in [7, 11) is 0. The molecule has 466 valence electrons. The molecule has 1 fully saturated rings. The fourth-order valence-electron chi connectivity index (χ4n) is 10.9. The predicted octanol–water partition coefficient (Wildman–Crippen LogP) is 15.8. The van der Waals surface area contributed by atoms with Crippen molar-refractivity contribution in [3.05, 3.63) is 36.5 Å². The number of hydrogen-bond donors (Lipinski definition) is 8. The minimum atomic E-state index is -1.67. The number of allylic oxidation sites excluding steroid dienone is 6. The molecule has 1 aliphatic rings. The second-order valence-corrected chi connectivity index (χ2v) is 23.9. The Labute approximate surface area is 486 Å². The van der Waals surface area contributed by atoms with E-state index in [1.807, 2.05) is 0 Å². The van der Waals surface area contributed by atoms with Crippen LogP contribution in [0, 0.1) is 0 Å². The number of carbonyl (C=O) groups excluding carboxylic acids is 1. The molecule has 1 amide bonds. The van der Waals surface area contributed by atoms with Gasteiger partial charge >= 0.3 is 0 Å². The number of hydrogen-bond acceptors (Lipinski definition) is 10. The Morgan fingerprint density at radius 2 is 0.759 bits per heavy atom. The Kier molecular flexibility index (Phi) is 54.2. The summed E-state index contributed by atoms with van der Waals surface area (Å²) >= 11 is 0. The van der Waals surface area contributed by atoms with Crippen LogP contribution in [-0.4, -0.2) is 110 Å². The molecule has 1 heterocycles. The third-order valence-corrected chi connectivity index (χ3v) is 16.4. The fourth-order valence-corrected chi connectivity index (χ4v) is 10.9. The lowest BCUT2D eigenvalue weighted by Crippen LogP contribution is -2.60. The molecule has 0 saturated carbocycles. The average molecular weight is 1120 g/mol. The van der Waals surface area contributed by atoms with Gasteiger partial charge in [-0.1, -0.05) is 294 Å². The molecule has 1 aliphatic heterocycles. The van der Waals surface area contributed by atoms with Gasteiger partial charge in [0.15, 0.2) is 6.29 Å². The summed E-state index contributed by atoms with van der Waals surface area (Å²) in [5.41, 5.74) is 0. The van der Waals surface area contributed by atoms with Crippen molar-refractivity contribution in [2.75, 3.05) is 13.2 Å². The Morgan fingerprint density at radius 1 is 0.430 bits per heavy atom. The highest BCUT2D eigenvalue weighted by Gasteiger charge is 2.44. The Hall–Kier alpha value is -1.67. The van der Waals surface area contributed by atoms with Gasteiger partial charge in [0.05, 0.1) is 25.4 Å². The number of aliphatic hydroxyl groups is 7. The molecule has 11 nitrogen and oxygen atoms in total. The molecular weight excluding hydrogens is 991 g/mol. The topological polar surface area (TPSA) is 189 Å². The summed E-state index contributed by atoms with van der Waals surface area (Å²) < 4.78 is 11.1. The molecule has 9 atom stereocenters. The van der Waals surface area contributed by atoms with E-state index in [0.717, 1.165) is 44.9 Å². The number of amides is 1. The highest BCUT2D eigenvalue weighted by molar-refractivity contribution is 5.80. The van der Waals surface area contributed by atoms with Crippen LogP contribution in [0.2, 0.25) is 0 Å². The molecule has 1 saturated heterocycles. The van der Waals surface area contributed by atoms with Crippen LogP contribution in [0.5, 0.6) is 0 Å². The highest BCUT2D eigenvalue weighted by atomic mass is 16.7. The lowest BCUT2D eigenvalue weighted by molar-refractivity contribution is -0.303. The van der Waals surface area contributed by atoms with Crippen LogP contribution in [0.25, 0.3) is 0 Å². The zero-order chi connectivity index (χ0) is 57.5. The molecule has 1 rings (SSSR count). The van der Waals surface area contributed by atoms with Gasteiger partial charge in [-0.3, -0.25) is 4.79 Å². The molecule has 9 unspecified atom stereocenters. The van der Waals surface area contributed by atoms with Crippen molar-refractivity contribution in [2.45, 2.75) is 377 Å². The van der Waals surface area contributed by atoms with E-state index in [9.17, 15) is 40.5 Å². The molecule has 79 heavy (non-hydrogen) atoms. The maximum Gasteiger partial charge on any atom is 0.249 e. The first-order valence-electron chi connectivity index (χ1n) is 33.9. The van der Waals surface area contributed by atoms with Crippen LogP contribution in [0.1, 0.15) is 322 Å². The molecule has 8 N–H and O–H groups in total. The van der Waals surface area contributed by atoms with Crippen molar-refractivity contribution in [3.8, 4) is 0 Å². The van der Waals surface area contributed by atoms with E-state index in [2.05, 4.69) is 55.6 Å². The number of carbonyl (C=O) groups is 1. The molecular formula is C68H129NO10. The van der Waals surface area contributed by atoms with Crippen LogP contribution in [0.4, 0.5) is 0 Å². The Balaban J connectivity index is 2.14. The van der Waals surface area contributed by atoms with Crippen LogP contribution in [-0.2, 0) is 14.3 Å². The minimum absolute atomic E-state index is 0.242. The first-order valence-corrected chi connectivity index (χ1v) is 33.9. The summed E-state index contributed by atoms with van der Waals surface area (Å²) in [6, 6.07) is -1.19. The zero-order valence-corrected chi connectivity index (χ0v) is 51.4. The molecule has 0 aliphatic carbocycles. The molecule has 0 aromatic rings. The van der Waals surface area contributed by atoms with E-state index < -0.39 is 74.2 Å². The first kappa shape index (κ1) is 75.3.